The molecular weight excluding hydrogens is 232 g/mol. The third-order valence-corrected chi connectivity index (χ3v) is 2.06. The minimum absolute atomic E-state index is 0.310. The zero-order valence-electron chi connectivity index (χ0n) is 10.0. The summed E-state index contributed by atoms with van der Waals surface area (Å²) in [6, 6.07) is 5.12. The van der Waals surface area contributed by atoms with E-state index in [0.29, 0.717) is 36.5 Å². The minimum atomic E-state index is 0.310. The molecule has 0 aromatic carbocycles. The summed E-state index contributed by atoms with van der Waals surface area (Å²) in [6.07, 6.45) is 3.27. The molecule has 94 valence electrons. The fraction of sp³-hybridized carbons (Fsp3) is 0.250. The Balaban J connectivity index is 2.15. The summed E-state index contributed by atoms with van der Waals surface area (Å²) in [4.78, 5) is 12.2. The van der Waals surface area contributed by atoms with Crippen LogP contribution in [0.1, 0.15) is 12.7 Å². The molecular formula is C12H14N4O2. The van der Waals surface area contributed by atoms with Crippen molar-refractivity contribution >= 4 is 5.82 Å². The Morgan fingerprint density at radius 1 is 1.33 bits per heavy atom. The van der Waals surface area contributed by atoms with E-state index in [1.807, 2.05) is 6.92 Å². The van der Waals surface area contributed by atoms with Gasteiger partial charge < -0.3 is 15.2 Å². The van der Waals surface area contributed by atoms with Gasteiger partial charge in [0.1, 0.15) is 18.2 Å². The van der Waals surface area contributed by atoms with Crippen LogP contribution in [0.15, 0.2) is 30.6 Å². The van der Waals surface area contributed by atoms with Gasteiger partial charge in [-0.15, -0.1) is 0 Å². The summed E-state index contributed by atoms with van der Waals surface area (Å²) in [5.41, 5.74) is 5.68. The van der Waals surface area contributed by atoms with Crippen LogP contribution in [0.4, 0.5) is 5.82 Å². The summed E-state index contributed by atoms with van der Waals surface area (Å²) in [6.45, 7) is 2.81. The van der Waals surface area contributed by atoms with Crippen molar-refractivity contribution in [3.05, 3.63) is 36.4 Å². The van der Waals surface area contributed by atoms with Gasteiger partial charge in [-0.1, -0.05) is 0 Å². The van der Waals surface area contributed by atoms with Gasteiger partial charge in [0, 0.05) is 18.9 Å². The standard InChI is InChI=1S/C12H14N4O2/c1-2-17-8-11-15-10(13)6-12(16-11)18-9-4-3-5-14-7-9/h3-7H,2,8H2,1H3,(H2,13,15,16). The zero-order valence-corrected chi connectivity index (χ0v) is 10.0. The lowest BCUT2D eigenvalue weighted by Crippen LogP contribution is -2.03. The Morgan fingerprint density at radius 2 is 2.22 bits per heavy atom. The van der Waals surface area contributed by atoms with Gasteiger partial charge in [0.05, 0.1) is 6.20 Å². The van der Waals surface area contributed by atoms with E-state index in [9.17, 15) is 0 Å². The van der Waals surface area contributed by atoms with Crippen LogP contribution in [0.3, 0.4) is 0 Å². The molecule has 6 heteroatoms. The fourth-order valence-electron chi connectivity index (χ4n) is 1.33. The maximum atomic E-state index is 5.68. The topological polar surface area (TPSA) is 83.2 Å². The van der Waals surface area contributed by atoms with Crippen LogP contribution in [0.5, 0.6) is 11.6 Å². The van der Waals surface area contributed by atoms with E-state index in [-0.39, 0.29) is 0 Å². The highest BCUT2D eigenvalue weighted by Crippen LogP contribution is 2.19. The van der Waals surface area contributed by atoms with Crippen molar-refractivity contribution in [1.29, 1.82) is 0 Å². The van der Waals surface area contributed by atoms with E-state index in [0.717, 1.165) is 0 Å². The molecule has 0 atom stereocenters. The first-order chi connectivity index (χ1) is 8.78. The Morgan fingerprint density at radius 3 is 2.94 bits per heavy atom. The molecule has 0 saturated carbocycles. The molecule has 0 bridgehead atoms. The Labute approximate surface area is 105 Å². The van der Waals surface area contributed by atoms with Crippen molar-refractivity contribution in [3.8, 4) is 11.6 Å². The number of ether oxygens (including phenoxy) is 2. The van der Waals surface area contributed by atoms with E-state index < -0.39 is 0 Å². The molecule has 0 radical (unpaired) electrons. The highest BCUT2D eigenvalue weighted by Gasteiger charge is 2.05. The van der Waals surface area contributed by atoms with Gasteiger partial charge in [-0.2, -0.15) is 4.98 Å². The average molecular weight is 246 g/mol. The smallest absolute Gasteiger partial charge is 0.224 e. The second-order valence-electron chi connectivity index (χ2n) is 3.48. The van der Waals surface area contributed by atoms with Gasteiger partial charge in [-0.25, -0.2) is 4.98 Å². The minimum Gasteiger partial charge on any atom is -0.437 e. The third kappa shape index (κ3) is 3.39. The number of hydrogen-bond donors (Lipinski definition) is 1. The van der Waals surface area contributed by atoms with Gasteiger partial charge in [-0.05, 0) is 19.1 Å². The van der Waals surface area contributed by atoms with Crippen LogP contribution >= 0.6 is 0 Å². The van der Waals surface area contributed by atoms with Crippen LogP contribution in [0.25, 0.3) is 0 Å². The first-order valence-electron chi connectivity index (χ1n) is 5.57. The highest BCUT2D eigenvalue weighted by atomic mass is 16.5. The lowest BCUT2D eigenvalue weighted by Gasteiger charge is -2.07. The Kier molecular flexibility index (Phi) is 4.03. The molecule has 2 aromatic rings. The predicted molar refractivity (Wildman–Crippen MR) is 66.1 cm³/mol. The van der Waals surface area contributed by atoms with Gasteiger partial charge in [0.15, 0.2) is 5.82 Å². The number of nitrogens with two attached hydrogens (primary N) is 1. The first-order valence-corrected chi connectivity index (χ1v) is 5.57. The van der Waals surface area contributed by atoms with Crippen LogP contribution < -0.4 is 10.5 Å². The molecule has 0 spiro atoms. The molecule has 2 heterocycles. The van der Waals surface area contributed by atoms with E-state index in [2.05, 4.69) is 15.0 Å². The van der Waals surface area contributed by atoms with E-state index >= 15 is 0 Å². The predicted octanol–water partition coefficient (Wildman–Crippen LogP) is 1.78. The SMILES string of the molecule is CCOCc1nc(N)cc(Oc2cccnc2)n1. The molecule has 0 saturated heterocycles. The maximum Gasteiger partial charge on any atom is 0.224 e. The summed E-state index contributed by atoms with van der Waals surface area (Å²) >= 11 is 0. The zero-order chi connectivity index (χ0) is 12.8. The second-order valence-corrected chi connectivity index (χ2v) is 3.48. The first kappa shape index (κ1) is 12.3. The quantitative estimate of drug-likeness (QED) is 0.865. The number of aromatic nitrogens is 3. The van der Waals surface area contributed by atoms with Crippen LogP contribution in [0.2, 0.25) is 0 Å². The molecule has 0 unspecified atom stereocenters. The summed E-state index contributed by atoms with van der Waals surface area (Å²) < 4.78 is 10.8. The molecule has 2 rings (SSSR count). The van der Waals surface area contributed by atoms with E-state index in [1.165, 1.54) is 0 Å². The van der Waals surface area contributed by atoms with Crippen LogP contribution in [-0.2, 0) is 11.3 Å². The Bertz CT molecular complexity index is 505. The number of nitrogens with zero attached hydrogens (tertiary/aromatic N) is 3. The normalized spacial score (nSPS) is 10.3. The number of rotatable bonds is 5. The average Bonchev–Trinajstić information content (AvgIpc) is 2.37. The molecule has 6 nitrogen and oxygen atoms in total. The number of hydrogen-bond acceptors (Lipinski definition) is 6. The van der Waals surface area contributed by atoms with Crippen LogP contribution in [-0.4, -0.2) is 21.6 Å². The van der Waals surface area contributed by atoms with Crippen molar-refractivity contribution in [2.24, 2.45) is 0 Å². The molecule has 18 heavy (non-hydrogen) atoms. The number of anilines is 1. The second kappa shape index (κ2) is 5.92. The summed E-state index contributed by atoms with van der Waals surface area (Å²) in [5.74, 6) is 1.82. The third-order valence-electron chi connectivity index (χ3n) is 2.06. The monoisotopic (exact) mass is 246 g/mol. The van der Waals surface area contributed by atoms with Crippen molar-refractivity contribution in [2.45, 2.75) is 13.5 Å². The molecule has 2 aromatic heterocycles. The maximum absolute atomic E-state index is 5.68. The molecule has 0 aliphatic carbocycles. The number of pyridine rings is 1. The van der Waals surface area contributed by atoms with Crippen molar-refractivity contribution in [2.75, 3.05) is 12.3 Å². The molecule has 0 fully saturated rings. The highest BCUT2D eigenvalue weighted by molar-refractivity contribution is 5.35. The van der Waals surface area contributed by atoms with Crippen molar-refractivity contribution in [3.63, 3.8) is 0 Å². The van der Waals surface area contributed by atoms with E-state index in [4.69, 9.17) is 15.2 Å². The lowest BCUT2D eigenvalue weighted by molar-refractivity contribution is 0.128. The van der Waals surface area contributed by atoms with Crippen molar-refractivity contribution in [1.82, 2.24) is 15.0 Å². The Hall–Kier alpha value is -2.21. The van der Waals surface area contributed by atoms with Gasteiger partial charge in [-0.3, -0.25) is 4.98 Å². The molecule has 0 amide bonds. The van der Waals surface area contributed by atoms with Crippen LogP contribution in [0, 0.1) is 0 Å². The summed E-state index contributed by atoms with van der Waals surface area (Å²) in [5, 5.41) is 0. The van der Waals surface area contributed by atoms with Crippen molar-refractivity contribution < 1.29 is 9.47 Å². The largest absolute Gasteiger partial charge is 0.437 e. The fourth-order valence-corrected chi connectivity index (χ4v) is 1.33. The van der Waals surface area contributed by atoms with Gasteiger partial charge in [0.25, 0.3) is 0 Å². The molecule has 2 N–H and O–H groups in total. The van der Waals surface area contributed by atoms with Gasteiger partial charge >= 0.3 is 0 Å². The van der Waals surface area contributed by atoms with Gasteiger partial charge in [0.2, 0.25) is 5.88 Å². The number of nitrogen functional groups attached to an aromatic ring is 1. The molecule has 0 aliphatic heterocycles. The summed E-state index contributed by atoms with van der Waals surface area (Å²) in [7, 11) is 0. The lowest BCUT2D eigenvalue weighted by atomic mass is 10.4. The molecule has 0 aliphatic rings. The van der Waals surface area contributed by atoms with E-state index in [1.54, 1.807) is 30.6 Å².